The molecule has 2 heterocycles. The van der Waals surface area contributed by atoms with Gasteiger partial charge >= 0.3 is 0 Å². The van der Waals surface area contributed by atoms with Crippen LogP contribution in [0.2, 0.25) is 10.0 Å². The molecule has 1 aromatic carbocycles. The maximum absolute atomic E-state index is 5.99. The predicted molar refractivity (Wildman–Crippen MR) is 81.4 cm³/mol. The van der Waals surface area contributed by atoms with Crippen LogP contribution in [0.3, 0.4) is 0 Å². The fraction of sp³-hybridized carbons (Fsp3) is 0.429. The third-order valence-electron chi connectivity index (χ3n) is 3.50. The Balaban J connectivity index is 1.73. The van der Waals surface area contributed by atoms with Crippen molar-refractivity contribution in [1.82, 2.24) is 14.8 Å². The number of anilines is 1. The maximum atomic E-state index is 5.99. The van der Waals surface area contributed by atoms with Crippen molar-refractivity contribution < 1.29 is 0 Å². The number of rotatable bonds is 3. The van der Waals surface area contributed by atoms with Gasteiger partial charge in [-0.2, -0.15) is 0 Å². The maximum Gasteiger partial charge on any atom is 0.152 e. The molecule has 0 spiro atoms. The SMILES string of the molecule is Clc1cc(Cl)cc(NCc2nnc3n2CCCCC3)c1. The molecule has 1 aliphatic rings. The molecule has 0 saturated carbocycles. The second-order valence-corrected chi connectivity index (χ2v) is 5.88. The van der Waals surface area contributed by atoms with Gasteiger partial charge in [0.2, 0.25) is 0 Å². The number of fused-ring (bicyclic) bond motifs is 1. The van der Waals surface area contributed by atoms with Crippen molar-refractivity contribution in [3.05, 3.63) is 39.9 Å². The summed E-state index contributed by atoms with van der Waals surface area (Å²) in [6, 6.07) is 5.43. The van der Waals surface area contributed by atoms with Gasteiger partial charge in [-0.15, -0.1) is 10.2 Å². The number of halogens is 2. The number of nitrogens with zero attached hydrogens (tertiary/aromatic N) is 3. The zero-order valence-electron chi connectivity index (χ0n) is 11.1. The van der Waals surface area contributed by atoms with Crippen molar-refractivity contribution in [2.45, 2.75) is 38.8 Å². The monoisotopic (exact) mass is 310 g/mol. The molecule has 106 valence electrons. The molecule has 3 rings (SSSR count). The van der Waals surface area contributed by atoms with Gasteiger partial charge in [-0.25, -0.2) is 0 Å². The van der Waals surface area contributed by atoms with E-state index < -0.39 is 0 Å². The van der Waals surface area contributed by atoms with Crippen LogP contribution in [-0.4, -0.2) is 14.8 Å². The van der Waals surface area contributed by atoms with Gasteiger partial charge < -0.3 is 9.88 Å². The van der Waals surface area contributed by atoms with Gasteiger partial charge in [0.15, 0.2) is 5.82 Å². The van der Waals surface area contributed by atoms with E-state index in [-0.39, 0.29) is 0 Å². The quantitative estimate of drug-likeness (QED) is 0.934. The molecule has 1 aliphatic heterocycles. The first-order valence-electron chi connectivity index (χ1n) is 6.83. The van der Waals surface area contributed by atoms with E-state index in [2.05, 4.69) is 20.1 Å². The summed E-state index contributed by atoms with van der Waals surface area (Å²) in [6.45, 7) is 1.64. The molecule has 0 radical (unpaired) electrons. The van der Waals surface area contributed by atoms with Crippen molar-refractivity contribution >= 4 is 28.9 Å². The minimum absolute atomic E-state index is 0.625. The topological polar surface area (TPSA) is 42.7 Å². The standard InChI is InChI=1S/C14H16Cl2N4/c15-10-6-11(16)8-12(7-10)17-9-14-19-18-13-4-2-1-3-5-20(13)14/h6-8,17H,1-5,9H2. The van der Waals surface area contributed by atoms with Crippen LogP contribution in [0, 0.1) is 0 Å². The molecule has 0 bridgehead atoms. The molecule has 0 saturated heterocycles. The fourth-order valence-corrected chi connectivity index (χ4v) is 3.04. The molecule has 2 aromatic rings. The average Bonchev–Trinajstić information content (AvgIpc) is 2.63. The Morgan fingerprint density at radius 3 is 2.65 bits per heavy atom. The average molecular weight is 311 g/mol. The third-order valence-corrected chi connectivity index (χ3v) is 3.94. The molecule has 1 aromatic heterocycles. The molecule has 20 heavy (non-hydrogen) atoms. The smallest absolute Gasteiger partial charge is 0.152 e. The summed E-state index contributed by atoms with van der Waals surface area (Å²) in [5.41, 5.74) is 0.897. The van der Waals surface area contributed by atoms with E-state index in [0.717, 1.165) is 30.3 Å². The zero-order valence-corrected chi connectivity index (χ0v) is 12.6. The Morgan fingerprint density at radius 1 is 1.05 bits per heavy atom. The van der Waals surface area contributed by atoms with E-state index in [0.29, 0.717) is 16.6 Å². The van der Waals surface area contributed by atoms with Crippen molar-refractivity contribution in [3.63, 3.8) is 0 Å². The van der Waals surface area contributed by atoms with E-state index in [1.807, 2.05) is 12.1 Å². The molecule has 4 nitrogen and oxygen atoms in total. The summed E-state index contributed by atoms with van der Waals surface area (Å²) in [7, 11) is 0. The molecule has 1 N–H and O–H groups in total. The van der Waals surface area contributed by atoms with Crippen LogP contribution in [0.5, 0.6) is 0 Å². The summed E-state index contributed by atoms with van der Waals surface area (Å²) in [6.07, 6.45) is 4.69. The third kappa shape index (κ3) is 3.07. The summed E-state index contributed by atoms with van der Waals surface area (Å²) >= 11 is 12.0. The fourth-order valence-electron chi connectivity index (χ4n) is 2.51. The van der Waals surface area contributed by atoms with Crippen molar-refractivity contribution in [2.75, 3.05) is 5.32 Å². The molecule has 0 unspecified atom stereocenters. The first kappa shape index (κ1) is 13.7. The highest BCUT2D eigenvalue weighted by Gasteiger charge is 2.14. The lowest BCUT2D eigenvalue weighted by atomic mass is 10.2. The number of nitrogens with one attached hydrogen (secondary N) is 1. The molecule has 0 amide bonds. The van der Waals surface area contributed by atoms with Gasteiger partial charge in [-0.1, -0.05) is 29.6 Å². The Kier molecular flexibility index (Phi) is 4.13. The highest BCUT2D eigenvalue weighted by Crippen LogP contribution is 2.23. The Bertz CT molecular complexity index is 589. The lowest BCUT2D eigenvalue weighted by Gasteiger charge is -2.09. The molecule has 0 atom stereocenters. The van der Waals surface area contributed by atoms with Crippen LogP contribution in [0.25, 0.3) is 0 Å². The van der Waals surface area contributed by atoms with Crippen LogP contribution in [0.4, 0.5) is 5.69 Å². The largest absolute Gasteiger partial charge is 0.378 e. The highest BCUT2D eigenvalue weighted by molar-refractivity contribution is 6.35. The van der Waals surface area contributed by atoms with Gasteiger partial charge in [0.1, 0.15) is 5.82 Å². The van der Waals surface area contributed by atoms with Crippen molar-refractivity contribution in [3.8, 4) is 0 Å². The summed E-state index contributed by atoms with van der Waals surface area (Å²) in [4.78, 5) is 0. The summed E-state index contributed by atoms with van der Waals surface area (Å²) in [5, 5.41) is 13.1. The lowest BCUT2D eigenvalue weighted by Crippen LogP contribution is -2.10. The minimum Gasteiger partial charge on any atom is -0.378 e. The van der Waals surface area contributed by atoms with Gasteiger partial charge in [0.05, 0.1) is 6.54 Å². The van der Waals surface area contributed by atoms with E-state index in [9.17, 15) is 0 Å². The van der Waals surface area contributed by atoms with Crippen LogP contribution in [0.1, 0.15) is 30.9 Å². The highest BCUT2D eigenvalue weighted by atomic mass is 35.5. The number of benzene rings is 1. The van der Waals surface area contributed by atoms with Crippen LogP contribution >= 0.6 is 23.2 Å². The van der Waals surface area contributed by atoms with Gasteiger partial charge in [-0.05, 0) is 31.0 Å². The van der Waals surface area contributed by atoms with Gasteiger partial charge in [0.25, 0.3) is 0 Å². The van der Waals surface area contributed by atoms with E-state index in [4.69, 9.17) is 23.2 Å². The number of hydrogen-bond donors (Lipinski definition) is 1. The van der Waals surface area contributed by atoms with E-state index in [1.54, 1.807) is 6.07 Å². The van der Waals surface area contributed by atoms with Crippen LogP contribution in [-0.2, 0) is 19.5 Å². The normalized spacial score (nSPS) is 14.7. The number of aromatic nitrogens is 3. The second kappa shape index (κ2) is 6.02. The van der Waals surface area contributed by atoms with E-state index >= 15 is 0 Å². The summed E-state index contributed by atoms with van der Waals surface area (Å²) in [5.74, 6) is 2.07. The first-order valence-corrected chi connectivity index (χ1v) is 7.59. The van der Waals surface area contributed by atoms with Crippen molar-refractivity contribution in [2.24, 2.45) is 0 Å². The Labute approximate surface area is 128 Å². The zero-order chi connectivity index (χ0) is 13.9. The Morgan fingerprint density at radius 2 is 1.85 bits per heavy atom. The molecule has 0 aliphatic carbocycles. The molecular formula is C14H16Cl2N4. The van der Waals surface area contributed by atoms with E-state index in [1.165, 1.54) is 19.3 Å². The number of aryl methyl sites for hydroxylation is 1. The summed E-state index contributed by atoms with van der Waals surface area (Å²) < 4.78 is 2.23. The van der Waals surface area contributed by atoms with Gasteiger partial charge in [0, 0.05) is 28.7 Å². The molecular weight excluding hydrogens is 295 g/mol. The lowest BCUT2D eigenvalue weighted by molar-refractivity contribution is 0.610. The van der Waals surface area contributed by atoms with Gasteiger partial charge in [-0.3, -0.25) is 0 Å². The van der Waals surface area contributed by atoms with Crippen LogP contribution < -0.4 is 5.32 Å². The Hall–Kier alpha value is -1.26. The van der Waals surface area contributed by atoms with Crippen LogP contribution in [0.15, 0.2) is 18.2 Å². The molecule has 0 fully saturated rings. The second-order valence-electron chi connectivity index (χ2n) is 5.01. The minimum atomic E-state index is 0.625. The number of hydrogen-bond acceptors (Lipinski definition) is 3. The first-order chi connectivity index (χ1) is 9.72. The molecule has 6 heteroatoms. The van der Waals surface area contributed by atoms with Crippen molar-refractivity contribution in [1.29, 1.82) is 0 Å². The predicted octanol–water partition coefficient (Wildman–Crippen LogP) is 3.92.